The smallest absolute Gasteiger partial charge is 0.317 e. The predicted octanol–water partition coefficient (Wildman–Crippen LogP) is 3.64. The Morgan fingerprint density at radius 2 is 1.84 bits per heavy atom. The van der Waals surface area contributed by atoms with E-state index in [1.165, 1.54) is 12.1 Å². The van der Waals surface area contributed by atoms with Crippen molar-refractivity contribution in [3.8, 4) is 5.75 Å². The molecular weight excluding hydrogens is 409 g/mol. The first-order chi connectivity index (χ1) is 15.2. The number of urea groups is 1. The van der Waals surface area contributed by atoms with E-state index in [4.69, 9.17) is 4.74 Å². The number of nitrogens with one attached hydrogen (secondary N) is 1. The molecule has 2 N–H and O–H groups in total. The van der Waals surface area contributed by atoms with Crippen LogP contribution in [0.15, 0.2) is 48.5 Å². The third-order valence-electron chi connectivity index (χ3n) is 5.50. The largest absolute Gasteiger partial charge is 0.491 e. The third-order valence-corrected chi connectivity index (χ3v) is 5.50. The zero-order chi connectivity index (χ0) is 23.1. The van der Waals surface area contributed by atoms with Crippen molar-refractivity contribution in [1.82, 2.24) is 15.1 Å². The molecule has 1 unspecified atom stereocenters. The number of halogens is 1. The minimum Gasteiger partial charge on any atom is -0.491 e. The average Bonchev–Trinajstić information content (AvgIpc) is 3.16. The van der Waals surface area contributed by atoms with Gasteiger partial charge in [0.05, 0.1) is 5.60 Å². The molecule has 2 amide bonds. The molecule has 0 aromatic heterocycles. The topological polar surface area (TPSA) is 65.0 Å². The molecule has 2 aromatic rings. The minimum absolute atomic E-state index is 0.133. The molecular formula is C25H34FN3O3. The van der Waals surface area contributed by atoms with Crippen molar-refractivity contribution >= 4 is 6.03 Å². The van der Waals surface area contributed by atoms with Gasteiger partial charge in [0.25, 0.3) is 0 Å². The lowest BCUT2D eigenvalue weighted by molar-refractivity contribution is 0.0285. The van der Waals surface area contributed by atoms with Crippen LogP contribution in [-0.4, -0.2) is 59.8 Å². The highest BCUT2D eigenvalue weighted by atomic mass is 19.1. The number of ether oxygens (including phenoxy) is 1. The molecule has 0 radical (unpaired) electrons. The SMILES string of the molecule is CN1CCC(CN(Cc2ccc(F)cc2)C(=O)NCc2ccc(OCC(C)(C)O)cc2)C1. The first-order valence-electron chi connectivity index (χ1n) is 11.1. The fraction of sp³-hybridized carbons (Fsp3) is 0.480. The van der Waals surface area contributed by atoms with Gasteiger partial charge in [0.2, 0.25) is 0 Å². The van der Waals surface area contributed by atoms with Gasteiger partial charge in [-0.1, -0.05) is 24.3 Å². The molecule has 1 saturated heterocycles. The standard InChI is InChI=1S/C25H34FN3O3/c1-25(2,31)18-32-23-10-6-19(7-11-23)14-27-24(30)29(17-21-12-13-28(3)15-21)16-20-4-8-22(26)9-5-20/h4-11,21,31H,12-18H2,1-3H3,(H,27,30). The molecule has 3 rings (SSSR count). The monoisotopic (exact) mass is 443 g/mol. The summed E-state index contributed by atoms with van der Waals surface area (Å²) in [5.74, 6) is 0.820. The van der Waals surface area contributed by atoms with Crippen LogP contribution < -0.4 is 10.1 Å². The first kappa shape index (κ1) is 24.0. The van der Waals surface area contributed by atoms with E-state index in [-0.39, 0.29) is 18.5 Å². The van der Waals surface area contributed by atoms with Gasteiger partial charge in [0, 0.05) is 26.2 Å². The van der Waals surface area contributed by atoms with Crippen LogP contribution in [0.2, 0.25) is 0 Å². The van der Waals surface area contributed by atoms with E-state index in [1.54, 1.807) is 26.0 Å². The Balaban J connectivity index is 1.58. The summed E-state index contributed by atoms with van der Waals surface area (Å²) < 4.78 is 18.8. The van der Waals surface area contributed by atoms with Gasteiger partial charge in [-0.3, -0.25) is 0 Å². The molecule has 0 bridgehead atoms. The maximum atomic E-state index is 13.3. The van der Waals surface area contributed by atoms with Crippen LogP contribution in [0.1, 0.15) is 31.4 Å². The number of carbonyl (C=O) groups is 1. The van der Waals surface area contributed by atoms with Crippen molar-refractivity contribution in [3.63, 3.8) is 0 Å². The highest BCUT2D eigenvalue weighted by molar-refractivity contribution is 5.74. The van der Waals surface area contributed by atoms with E-state index in [0.29, 0.717) is 31.3 Å². The summed E-state index contributed by atoms with van der Waals surface area (Å²) >= 11 is 0. The molecule has 0 aliphatic carbocycles. The lowest BCUT2D eigenvalue weighted by Crippen LogP contribution is -2.42. The van der Waals surface area contributed by atoms with Crippen molar-refractivity contribution < 1.29 is 19.0 Å². The van der Waals surface area contributed by atoms with E-state index in [0.717, 1.165) is 30.6 Å². The van der Waals surface area contributed by atoms with Gasteiger partial charge in [-0.05, 0) is 75.2 Å². The van der Waals surface area contributed by atoms with Crippen LogP contribution in [0.5, 0.6) is 5.75 Å². The second-order valence-corrected chi connectivity index (χ2v) is 9.33. The van der Waals surface area contributed by atoms with Crippen LogP contribution >= 0.6 is 0 Å². The quantitative estimate of drug-likeness (QED) is 0.621. The second kappa shape index (κ2) is 10.8. The van der Waals surface area contributed by atoms with Crippen LogP contribution in [0.4, 0.5) is 9.18 Å². The van der Waals surface area contributed by atoms with Gasteiger partial charge in [-0.25, -0.2) is 9.18 Å². The van der Waals surface area contributed by atoms with Gasteiger partial charge in [-0.2, -0.15) is 0 Å². The molecule has 6 nitrogen and oxygen atoms in total. The summed E-state index contributed by atoms with van der Waals surface area (Å²) in [5, 5.41) is 12.8. The fourth-order valence-electron chi connectivity index (χ4n) is 3.77. The number of rotatable bonds is 9. The Morgan fingerprint density at radius 3 is 2.44 bits per heavy atom. The van der Waals surface area contributed by atoms with E-state index < -0.39 is 5.60 Å². The minimum atomic E-state index is -0.894. The van der Waals surface area contributed by atoms with E-state index >= 15 is 0 Å². The molecule has 174 valence electrons. The number of nitrogens with zero attached hydrogens (tertiary/aromatic N) is 2. The Kier molecular flexibility index (Phi) is 8.10. The molecule has 32 heavy (non-hydrogen) atoms. The molecule has 1 heterocycles. The van der Waals surface area contributed by atoms with Crippen molar-refractivity contribution in [2.24, 2.45) is 5.92 Å². The molecule has 1 atom stereocenters. The van der Waals surface area contributed by atoms with Crippen LogP contribution in [-0.2, 0) is 13.1 Å². The Labute approximate surface area is 190 Å². The third kappa shape index (κ3) is 7.80. The number of benzene rings is 2. The lowest BCUT2D eigenvalue weighted by Gasteiger charge is -2.26. The Bertz CT molecular complexity index is 865. The highest BCUT2D eigenvalue weighted by Crippen LogP contribution is 2.18. The van der Waals surface area contributed by atoms with Gasteiger partial charge in [0.1, 0.15) is 18.2 Å². The first-order valence-corrected chi connectivity index (χ1v) is 11.1. The Morgan fingerprint density at radius 1 is 1.19 bits per heavy atom. The predicted molar refractivity (Wildman–Crippen MR) is 123 cm³/mol. The van der Waals surface area contributed by atoms with Gasteiger partial charge in [-0.15, -0.1) is 0 Å². The maximum Gasteiger partial charge on any atom is 0.317 e. The number of aliphatic hydroxyl groups is 1. The Hall–Kier alpha value is -2.64. The van der Waals surface area contributed by atoms with Gasteiger partial charge < -0.3 is 25.0 Å². The van der Waals surface area contributed by atoms with Crippen molar-refractivity contribution in [2.45, 2.75) is 39.0 Å². The number of hydrogen-bond donors (Lipinski definition) is 2. The van der Waals surface area contributed by atoms with Crippen molar-refractivity contribution in [1.29, 1.82) is 0 Å². The summed E-state index contributed by atoms with van der Waals surface area (Å²) in [7, 11) is 2.10. The average molecular weight is 444 g/mol. The van der Waals surface area contributed by atoms with Crippen LogP contribution in [0, 0.1) is 11.7 Å². The molecule has 1 aliphatic heterocycles. The normalized spacial score (nSPS) is 16.7. The molecule has 1 aliphatic rings. The van der Waals surface area contributed by atoms with Crippen molar-refractivity contribution in [2.75, 3.05) is 33.3 Å². The van der Waals surface area contributed by atoms with E-state index in [2.05, 4.69) is 17.3 Å². The molecule has 2 aromatic carbocycles. The van der Waals surface area contributed by atoms with Crippen LogP contribution in [0.3, 0.4) is 0 Å². The summed E-state index contributed by atoms with van der Waals surface area (Å²) in [4.78, 5) is 17.1. The fourth-order valence-corrected chi connectivity index (χ4v) is 3.77. The number of hydrogen-bond acceptors (Lipinski definition) is 4. The highest BCUT2D eigenvalue weighted by Gasteiger charge is 2.24. The summed E-state index contributed by atoms with van der Waals surface area (Å²) in [6.07, 6.45) is 1.07. The van der Waals surface area contributed by atoms with Gasteiger partial charge in [0.15, 0.2) is 0 Å². The van der Waals surface area contributed by atoms with E-state index in [1.807, 2.05) is 29.2 Å². The van der Waals surface area contributed by atoms with Crippen molar-refractivity contribution in [3.05, 3.63) is 65.5 Å². The maximum absolute atomic E-state index is 13.3. The zero-order valence-corrected chi connectivity index (χ0v) is 19.2. The van der Waals surface area contributed by atoms with E-state index in [9.17, 15) is 14.3 Å². The zero-order valence-electron chi connectivity index (χ0n) is 19.2. The molecule has 0 spiro atoms. The molecule has 7 heteroatoms. The lowest BCUT2D eigenvalue weighted by atomic mass is 10.1. The summed E-state index contributed by atoms with van der Waals surface area (Å²) in [6.45, 7) is 7.11. The molecule has 1 fully saturated rings. The number of likely N-dealkylation sites (tertiary alicyclic amines) is 1. The van der Waals surface area contributed by atoms with Crippen LogP contribution in [0.25, 0.3) is 0 Å². The van der Waals surface area contributed by atoms with Gasteiger partial charge >= 0.3 is 6.03 Å². The second-order valence-electron chi connectivity index (χ2n) is 9.33. The molecule has 0 saturated carbocycles. The number of amides is 2. The number of carbonyl (C=O) groups excluding carboxylic acids is 1. The summed E-state index contributed by atoms with van der Waals surface area (Å²) in [6, 6.07) is 13.6. The summed E-state index contributed by atoms with van der Waals surface area (Å²) in [5.41, 5.74) is 0.965.